The van der Waals surface area contributed by atoms with E-state index in [0.29, 0.717) is 34.0 Å². The van der Waals surface area contributed by atoms with Gasteiger partial charge in [0.25, 0.3) is 0 Å². The van der Waals surface area contributed by atoms with Gasteiger partial charge in [-0.3, -0.25) is 0 Å². The van der Waals surface area contributed by atoms with Crippen molar-refractivity contribution in [3.05, 3.63) is 47.9 Å². The average Bonchev–Trinajstić information content (AvgIpc) is 3.39. The Morgan fingerprint density at radius 2 is 2.07 bits per heavy atom. The second-order valence-electron chi connectivity index (χ2n) is 7.91. The predicted octanol–water partition coefficient (Wildman–Crippen LogP) is 4.71. The third-order valence-corrected chi connectivity index (χ3v) is 4.45. The Kier molecular flexibility index (Phi) is 4.27. The van der Waals surface area contributed by atoms with E-state index >= 15 is 0 Å². The summed E-state index contributed by atoms with van der Waals surface area (Å²) in [5.74, 6) is 0.988. The number of benzene rings is 1. The van der Waals surface area contributed by atoms with Crippen molar-refractivity contribution in [2.45, 2.75) is 45.1 Å². The SMILES string of the molecule is CC(C)(C)OC(=O)n1cnc2c(Nc3nc(C4CC4)ccc3C#N)cccc21. The van der Waals surface area contributed by atoms with Gasteiger partial charge in [0, 0.05) is 11.6 Å². The van der Waals surface area contributed by atoms with Crippen LogP contribution in [-0.4, -0.2) is 26.2 Å². The number of rotatable bonds is 3. The number of nitrogens with one attached hydrogen (secondary N) is 1. The highest BCUT2D eigenvalue weighted by Crippen LogP contribution is 2.40. The molecule has 7 heteroatoms. The predicted molar refractivity (Wildman–Crippen MR) is 106 cm³/mol. The first-order chi connectivity index (χ1) is 13.4. The number of carbonyl (C=O) groups excluding carboxylic acids is 1. The molecule has 0 saturated heterocycles. The van der Waals surface area contributed by atoms with E-state index in [9.17, 15) is 10.1 Å². The van der Waals surface area contributed by atoms with Crippen LogP contribution < -0.4 is 5.32 Å². The van der Waals surface area contributed by atoms with Gasteiger partial charge in [-0.25, -0.2) is 19.3 Å². The van der Waals surface area contributed by atoms with Gasteiger partial charge in [-0.1, -0.05) is 6.07 Å². The van der Waals surface area contributed by atoms with Crippen molar-refractivity contribution >= 4 is 28.6 Å². The zero-order valence-electron chi connectivity index (χ0n) is 16.1. The number of hydrogen-bond donors (Lipinski definition) is 1. The number of hydrogen-bond acceptors (Lipinski definition) is 6. The molecule has 0 amide bonds. The van der Waals surface area contributed by atoms with E-state index < -0.39 is 11.7 Å². The van der Waals surface area contributed by atoms with Gasteiger partial charge < -0.3 is 10.1 Å². The van der Waals surface area contributed by atoms with Crippen LogP contribution >= 0.6 is 0 Å². The molecule has 28 heavy (non-hydrogen) atoms. The summed E-state index contributed by atoms with van der Waals surface area (Å²) in [7, 11) is 0. The lowest BCUT2D eigenvalue weighted by Gasteiger charge is -2.19. The first-order valence-electron chi connectivity index (χ1n) is 9.23. The van der Waals surface area contributed by atoms with Crippen molar-refractivity contribution in [1.82, 2.24) is 14.5 Å². The number of nitriles is 1. The topological polar surface area (TPSA) is 92.8 Å². The molecule has 142 valence electrons. The fraction of sp³-hybridized carbons (Fsp3) is 0.333. The Morgan fingerprint density at radius 1 is 1.29 bits per heavy atom. The van der Waals surface area contributed by atoms with Crippen molar-refractivity contribution in [1.29, 1.82) is 5.26 Å². The van der Waals surface area contributed by atoms with Gasteiger partial charge in [-0.2, -0.15) is 5.26 Å². The van der Waals surface area contributed by atoms with Crippen LogP contribution in [0, 0.1) is 11.3 Å². The molecule has 0 spiro atoms. The number of nitrogens with zero attached hydrogens (tertiary/aromatic N) is 4. The van der Waals surface area contributed by atoms with Crippen molar-refractivity contribution in [3.8, 4) is 6.07 Å². The number of pyridine rings is 1. The summed E-state index contributed by atoms with van der Waals surface area (Å²) in [6, 6.07) is 11.4. The molecule has 1 fully saturated rings. The van der Waals surface area contributed by atoms with E-state index in [-0.39, 0.29) is 0 Å². The van der Waals surface area contributed by atoms with Crippen molar-refractivity contribution in [2.24, 2.45) is 0 Å². The molecule has 1 N–H and O–H groups in total. The number of anilines is 2. The lowest BCUT2D eigenvalue weighted by atomic mass is 10.2. The lowest BCUT2D eigenvalue weighted by molar-refractivity contribution is 0.0543. The number of fused-ring (bicyclic) bond motifs is 1. The number of para-hydroxylation sites is 1. The molecular weight excluding hydrogens is 354 g/mol. The van der Waals surface area contributed by atoms with Crippen molar-refractivity contribution in [2.75, 3.05) is 5.32 Å². The Labute approximate surface area is 163 Å². The Bertz CT molecular complexity index is 1100. The van der Waals surface area contributed by atoms with Crippen LogP contribution in [0.5, 0.6) is 0 Å². The molecule has 2 heterocycles. The van der Waals surface area contributed by atoms with Crippen LogP contribution in [0.4, 0.5) is 16.3 Å². The largest absolute Gasteiger partial charge is 0.443 e. The third-order valence-electron chi connectivity index (χ3n) is 4.45. The normalized spacial score (nSPS) is 13.9. The molecule has 0 unspecified atom stereocenters. The average molecular weight is 375 g/mol. The molecule has 1 aliphatic carbocycles. The van der Waals surface area contributed by atoms with Crippen molar-refractivity contribution < 1.29 is 9.53 Å². The first kappa shape index (κ1) is 18.0. The Morgan fingerprint density at radius 3 is 2.75 bits per heavy atom. The summed E-state index contributed by atoms with van der Waals surface area (Å²) in [5, 5.41) is 12.7. The number of imidazole rings is 1. The summed E-state index contributed by atoms with van der Waals surface area (Å²) in [6.45, 7) is 5.46. The molecule has 0 aliphatic heterocycles. The summed E-state index contributed by atoms with van der Waals surface area (Å²) in [4.78, 5) is 21.5. The second kappa shape index (κ2) is 6.64. The molecule has 1 saturated carbocycles. The number of ether oxygens (including phenoxy) is 1. The van der Waals surface area contributed by atoms with Crippen LogP contribution in [0.1, 0.15) is 50.8 Å². The molecule has 2 aromatic heterocycles. The van der Waals surface area contributed by atoms with E-state index in [4.69, 9.17) is 4.74 Å². The van der Waals surface area contributed by atoms with E-state index in [1.807, 2.05) is 39.0 Å². The smallest absolute Gasteiger partial charge is 0.420 e. The van der Waals surface area contributed by atoms with Gasteiger partial charge in [0.05, 0.1) is 16.8 Å². The summed E-state index contributed by atoms with van der Waals surface area (Å²) < 4.78 is 6.82. The molecule has 1 aromatic carbocycles. The monoisotopic (exact) mass is 375 g/mol. The minimum absolute atomic E-state index is 0.466. The van der Waals surface area contributed by atoms with Crippen LogP contribution in [0.15, 0.2) is 36.7 Å². The molecular formula is C21H21N5O2. The maximum Gasteiger partial charge on any atom is 0.420 e. The third kappa shape index (κ3) is 3.54. The quantitative estimate of drug-likeness (QED) is 0.713. The maximum atomic E-state index is 12.5. The lowest BCUT2D eigenvalue weighted by Crippen LogP contribution is -2.26. The highest BCUT2D eigenvalue weighted by Gasteiger charge is 2.26. The number of carbonyl (C=O) groups is 1. The molecule has 0 atom stereocenters. The van der Waals surface area contributed by atoms with Crippen LogP contribution in [0.25, 0.3) is 11.0 Å². The maximum absolute atomic E-state index is 12.5. The second-order valence-corrected chi connectivity index (χ2v) is 7.91. The fourth-order valence-corrected chi connectivity index (χ4v) is 2.99. The minimum atomic E-state index is -0.599. The van der Waals surface area contributed by atoms with Gasteiger partial charge in [-0.05, 0) is 57.9 Å². The fourth-order valence-electron chi connectivity index (χ4n) is 2.99. The summed E-state index contributed by atoms with van der Waals surface area (Å²) >= 11 is 0. The van der Waals surface area contributed by atoms with Gasteiger partial charge in [0.15, 0.2) is 0 Å². The van der Waals surface area contributed by atoms with Crippen molar-refractivity contribution in [3.63, 3.8) is 0 Å². The van der Waals surface area contributed by atoms with E-state index in [2.05, 4.69) is 21.4 Å². The molecule has 7 nitrogen and oxygen atoms in total. The minimum Gasteiger partial charge on any atom is -0.443 e. The Balaban J connectivity index is 1.70. The molecule has 0 radical (unpaired) electrons. The number of aromatic nitrogens is 3. The standard InChI is InChI=1S/C21H21N5O2/c1-21(2,3)28-20(27)26-12-23-18-16(5-4-6-17(18)26)25-19-14(11-22)9-10-15(24-19)13-7-8-13/h4-6,9-10,12-13H,7-8H2,1-3H3,(H,24,25). The van der Waals surface area contributed by atoms with Crippen LogP contribution in [0.3, 0.4) is 0 Å². The zero-order valence-corrected chi connectivity index (χ0v) is 16.1. The zero-order chi connectivity index (χ0) is 19.9. The van der Waals surface area contributed by atoms with Gasteiger partial charge in [0.2, 0.25) is 0 Å². The summed E-state index contributed by atoms with van der Waals surface area (Å²) in [6.07, 6.45) is 3.23. The van der Waals surface area contributed by atoms with Gasteiger partial charge in [0.1, 0.15) is 29.3 Å². The van der Waals surface area contributed by atoms with Crippen LogP contribution in [-0.2, 0) is 4.74 Å². The van der Waals surface area contributed by atoms with Gasteiger partial charge in [-0.15, -0.1) is 0 Å². The molecule has 0 bridgehead atoms. The molecule has 1 aliphatic rings. The summed E-state index contributed by atoms with van der Waals surface area (Å²) in [5.41, 5.74) is 2.77. The highest BCUT2D eigenvalue weighted by atomic mass is 16.6. The van der Waals surface area contributed by atoms with Gasteiger partial charge >= 0.3 is 6.09 Å². The van der Waals surface area contributed by atoms with E-state index in [0.717, 1.165) is 18.5 Å². The molecule has 4 rings (SSSR count). The highest BCUT2D eigenvalue weighted by molar-refractivity contribution is 5.95. The Hall–Kier alpha value is -3.40. The van der Waals surface area contributed by atoms with E-state index in [1.165, 1.54) is 10.9 Å². The molecule has 3 aromatic rings. The van der Waals surface area contributed by atoms with Crippen LogP contribution in [0.2, 0.25) is 0 Å². The first-order valence-corrected chi connectivity index (χ1v) is 9.23. The van der Waals surface area contributed by atoms with E-state index in [1.54, 1.807) is 12.1 Å².